The van der Waals surface area contributed by atoms with E-state index >= 15 is 0 Å². The highest BCUT2D eigenvalue weighted by Crippen LogP contribution is 2.72. The highest BCUT2D eigenvalue weighted by Gasteiger charge is 2.63. The molecule has 0 aromatic rings. The SMILES string of the molecule is CCC1CC2CC3CC4CCC5CC6CC7CC8CCCCC8CC7CC6CC5CC4CC4(CC2CC1C)CC34. The Balaban J connectivity index is 0.904. The molecule has 9 fully saturated rings. The van der Waals surface area contributed by atoms with Gasteiger partial charge in [0.1, 0.15) is 0 Å². The van der Waals surface area contributed by atoms with Crippen LogP contribution in [0.2, 0.25) is 0 Å². The highest BCUT2D eigenvalue weighted by molar-refractivity contribution is 5.13. The summed E-state index contributed by atoms with van der Waals surface area (Å²) in [6.07, 6.45) is 34.3. The number of hydrogen-bond acceptors (Lipinski definition) is 0. The minimum Gasteiger partial charge on any atom is -0.0651 e. The summed E-state index contributed by atoms with van der Waals surface area (Å²) in [4.78, 5) is 0. The average Bonchev–Trinajstić information content (AvgIpc) is 3.70. The van der Waals surface area contributed by atoms with Gasteiger partial charge in [0.2, 0.25) is 0 Å². The highest BCUT2D eigenvalue weighted by atomic mass is 14.7. The second kappa shape index (κ2) is 10.0. The minimum atomic E-state index is 0.829. The standard InChI is InChI=1S/C40H64/c1-3-25-11-35-19-36-15-29-9-8-28-14-33-17-31-12-26-6-4-5-7-27(26)13-32(31)18-34(33)16-30(28)20-38(29)22-40(23-39(36)40)21-37(35)10-24(25)2/h24-39H,3-23H2,1-2H3. The van der Waals surface area contributed by atoms with E-state index in [1.165, 1.54) is 6.42 Å². The smallest absolute Gasteiger partial charge is 0.0258 e. The summed E-state index contributed by atoms with van der Waals surface area (Å²) in [5.74, 6) is 17.9. The Morgan fingerprint density at radius 2 is 0.850 bits per heavy atom. The van der Waals surface area contributed by atoms with Crippen LogP contribution in [-0.4, -0.2) is 0 Å². The van der Waals surface area contributed by atoms with Gasteiger partial charge < -0.3 is 0 Å². The van der Waals surface area contributed by atoms with Crippen LogP contribution in [0.15, 0.2) is 0 Å². The Labute approximate surface area is 248 Å². The molecule has 40 heavy (non-hydrogen) atoms. The monoisotopic (exact) mass is 545 g/mol. The molecule has 0 heteroatoms. The lowest BCUT2D eigenvalue weighted by atomic mass is 9.52. The van der Waals surface area contributed by atoms with Gasteiger partial charge in [0, 0.05) is 0 Å². The van der Waals surface area contributed by atoms with Gasteiger partial charge in [0.05, 0.1) is 0 Å². The van der Waals surface area contributed by atoms with E-state index in [0.29, 0.717) is 0 Å². The van der Waals surface area contributed by atoms with Crippen molar-refractivity contribution in [2.45, 2.75) is 149 Å². The Hall–Kier alpha value is 0. The fourth-order valence-corrected chi connectivity index (χ4v) is 15.6. The fraction of sp³-hybridized carbons (Fsp3) is 1.00. The van der Waals surface area contributed by atoms with Crippen molar-refractivity contribution in [1.29, 1.82) is 0 Å². The molecule has 9 aliphatic rings. The fourth-order valence-electron chi connectivity index (χ4n) is 15.6. The molecule has 0 spiro atoms. The summed E-state index contributed by atoms with van der Waals surface area (Å²) in [6, 6.07) is 0. The largest absolute Gasteiger partial charge is 0.0651 e. The molecular weight excluding hydrogens is 480 g/mol. The van der Waals surface area contributed by atoms with Gasteiger partial charge in [-0.1, -0.05) is 46.0 Å². The summed E-state index contributed by atoms with van der Waals surface area (Å²) in [5, 5.41) is 0. The van der Waals surface area contributed by atoms with Gasteiger partial charge in [-0.15, -0.1) is 0 Å². The second-order valence-corrected chi connectivity index (χ2v) is 19.1. The maximum Gasteiger partial charge on any atom is -0.0258 e. The van der Waals surface area contributed by atoms with Crippen molar-refractivity contribution in [3.8, 4) is 0 Å². The van der Waals surface area contributed by atoms with Crippen molar-refractivity contribution in [3.05, 3.63) is 0 Å². The number of rotatable bonds is 1. The first kappa shape index (κ1) is 26.4. The Bertz CT molecular complexity index is 934. The zero-order valence-electron chi connectivity index (χ0n) is 26.6. The summed E-state index contributed by atoms with van der Waals surface area (Å²) >= 11 is 0. The van der Waals surface area contributed by atoms with Crippen LogP contribution in [0.25, 0.3) is 0 Å². The lowest BCUT2D eigenvalue weighted by molar-refractivity contribution is -0.0289. The lowest BCUT2D eigenvalue weighted by Crippen LogP contribution is -2.43. The zero-order valence-corrected chi connectivity index (χ0v) is 26.6. The third kappa shape index (κ3) is 4.38. The van der Waals surface area contributed by atoms with Crippen molar-refractivity contribution in [2.75, 3.05) is 0 Å². The molecule has 17 atom stereocenters. The van der Waals surface area contributed by atoms with E-state index in [-0.39, 0.29) is 0 Å². The normalized spacial score (nSPS) is 60.5. The van der Waals surface area contributed by atoms with Gasteiger partial charge in [-0.05, 0) is 203 Å². The minimum absolute atomic E-state index is 0.829. The van der Waals surface area contributed by atoms with Crippen LogP contribution in [-0.2, 0) is 0 Å². The van der Waals surface area contributed by atoms with Crippen LogP contribution in [0.1, 0.15) is 149 Å². The first-order chi connectivity index (χ1) is 19.5. The molecule has 0 aromatic carbocycles. The van der Waals surface area contributed by atoms with Gasteiger partial charge in [-0.2, -0.15) is 0 Å². The maximum atomic E-state index is 2.63. The molecule has 2 bridgehead atoms. The summed E-state index contributed by atoms with van der Waals surface area (Å²) in [6.45, 7) is 5.12. The Morgan fingerprint density at radius 3 is 1.48 bits per heavy atom. The van der Waals surface area contributed by atoms with Crippen molar-refractivity contribution in [1.82, 2.24) is 0 Å². The first-order valence-electron chi connectivity index (χ1n) is 19.5. The summed E-state index contributed by atoms with van der Waals surface area (Å²) in [5.41, 5.74) is 0.829. The molecule has 0 N–H and O–H groups in total. The molecule has 0 aliphatic heterocycles. The molecule has 0 nitrogen and oxygen atoms in total. The number of fused-ring (bicyclic) bond motifs is 6. The van der Waals surface area contributed by atoms with Crippen molar-refractivity contribution in [3.63, 3.8) is 0 Å². The Kier molecular flexibility index (Phi) is 6.61. The zero-order chi connectivity index (χ0) is 26.6. The van der Waals surface area contributed by atoms with Gasteiger partial charge in [0.15, 0.2) is 0 Å². The van der Waals surface area contributed by atoms with Gasteiger partial charge >= 0.3 is 0 Å². The van der Waals surface area contributed by atoms with Crippen LogP contribution in [0.5, 0.6) is 0 Å². The molecule has 9 saturated carbocycles. The molecule has 17 unspecified atom stereocenters. The predicted molar refractivity (Wildman–Crippen MR) is 167 cm³/mol. The first-order valence-corrected chi connectivity index (χ1v) is 19.5. The van der Waals surface area contributed by atoms with Crippen LogP contribution in [0, 0.1) is 100 Å². The lowest BCUT2D eigenvalue weighted by Gasteiger charge is -2.53. The second-order valence-electron chi connectivity index (χ2n) is 19.1. The molecular formula is C40H64. The van der Waals surface area contributed by atoms with E-state index in [9.17, 15) is 0 Å². The number of hydrogen-bond donors (Lipinski definition) is 0. The van der Waals surface area contributed by atoms with Crippen LogP contribution < -0.4 is 0 Å². The van der Waals surface area contributed by atoms with E-state index in [0.717, 1.165) is 100 Å². The van der Waals surface area contributed by atoms with E-state index in [2.05, 4.69) is 13.8 Å². The quantitative estimate of drug-likeness (QED) is 0.308. The van der Waals surface area contributed by atoms with E-state index in [1.54, 1.807) is 128 Å². The third-order valence-corrected chi connectivity index (χ3v) is 17.5. The van der Waals surface area contributed by atoms with Crippen LogP contribution in [0.4, 0.5) is 0 Å². The van der Waals surface area contributed by atoms with E-state index in [4.69, 9.17) is 0 Å². The van der Waals surface area contributed by atoms with Gasteiger partial charge in [-0.25, -0.2) is 0 Å². The summed E-state index contributed by atoms with van der Waals surface area (Å²) in [7, 11) is 0. The molecule has 0 amide bonds. The van der Waals surface area contributed by atoms with Crippen LogP contribution >= 0.6 is 0 Å². The molecule has 224 valence electrons. The van der Waals surface area contributed by atoms with E-state index in [1.807, 2.05) is 0 Å². The average molecular weight is 545 g/mol. The molecule has 9 aliphatic carbocycles. The molecule has 0 saturated heterocycles. The Morgan fingerprint density at radius 1 is 0.425 bits per heavy atom. The maximum absolute atomic E-state index is 2.63. The third-order valence-electron chi connectivity index (χ3n) is 17.5. The van der Waals surface area contributed by atoms with Crippen molar-refractivity contribution in [2.24, 2.45) is 100 Å². The summed E-state index contributed by atoms with van der Waals surface area (Å²) < 4.78 is 0. The van der Waals surface area contributed by atoms with Gasteiger partial charge in [-0.3, -0.25) is 0 Å². The van der Waals surface area contributed by atoms with Gasteiger partial charge in [0.25, 0.3) is 0 Å². The molecule has 0 radical (unpaired) electrons. The van der Waals surface area contributed by atoms with Crippen molar-refractivity contribution >= 4 is 0 Å². The molecule has 0 heterocycles. The topological polar surface area (TPSA) is 0 Å². The predicted octanol–water partition coefficient (Wildman–Crippen LogP) is 11.2. The van der Waals surface area contributed by atoms with Crippen LogP contribution in [0.3, 0.4) is 0 Å². The molecule has 0 aromatic heterocycles. The van der Waals surface area contributed by atoms with Crippen molar-refractivity contribution < 1.29 is 0 Å². The molecule has 9 rings (SSSR count). The van der Waals surface area contributed by atoms with E-state index < -0.39 is 0 Å².